The second kappa shape index (κ2) is 7.07. The van der Waals surface area contributed by atoms with Crippen LogP contribution < -0.4 is 0 Å². The molecule has 1 aromatic heterocycles. The molecule has 38 heavy (non-hydrogen) atoms. The van der Waals surface area contributed by atoms with E-state index in [1.165, 1.54) is 13.2 Å². The molecule has 10 nitrogen and oxygen atoms in total. The van der Waals surface area contributed by atoms with Crippen molar-refractivity contribution in [1.82, 2.24) is 0 Å². The largest absolute Gasteiger partial charge is 0.472 e. The van der Waals surface area contributed by atoms with Gasteiger partial charge in [-0.05, 0) is 45.6 Å². The van der Waals surface area contributed by atoms with Gasteiger partial charge in [-0.15, -0.1) is 0 Å². The number of fused-ring (bicyclic) bond motifs is 1. The molecule has 6 fully saturated rings. The molecule has 2 aliphatic carbocycles. The first-order valence-electron chi connectivity index (χ1n) is 13.3. The standard InChI is InChI=1S/C28H32O10/c1-13(29)35-18-19-24(2,3)37-16-10-17(30)34-12-27(16,19)15-6-8-25(4)21(14-7-9-33-11-14)36-23(32)22-28(25,38-22)26(15,5)20(18)31/h7,9,11,15-16,18-19,21-22H,6,8,10,12H2,1-5H3/t15-,16+,18+,19-,21+,22-,25+,26+,27+,28-/m1/s1. The predicted octanol–water partition coefficient (Wildman–Crippen LogP) is 2.68. The van der Waals surface area contributed by atoms with Crippen LogP contribution in [0.1, 0.15) is 65.5 Å². The summed E-state index contributed by atoms with van der Waals surface area (Å²) in [7, 11) is 0. The molecule has 204 valence electrons. The van der Waals surface area contributed by atoms with Gasteiger partial charge in [0.05, 0.1) is 36.1 Å². The van der Waals surface area contributed by atoms with Crippen LogP contribution in [0.2, 0.25) is 0 Å². The topological polar surface area (TPSA) is 131 Å². The molecule has 6 aliphatic rings. The molecule has 1 aromatic rings. The number of carbonyl (C=O) groups excluding carboxylic acids is 4. The highest BCUT2D eigenvalue weighted by Gasteiger charge is 2.91. The van der Waals surface area contributed by atoms with Crippen LogP contribution >= 0.6 is 0 Å². The molecule has 0 unspecified atom stereocenters. The maximum Gasteiger partial charge on any atom is 0.339 e. The van der Waals surface area contributed by atoms with Gasteiger partial charge < -0.3 is 28.1 Å². The van der Waals surface area contributed by atoms with Crippen molar-refractivity contribution in [2.24, 2.45) is 28.1 Å². The summed E-state index contributed by atoms with van der Waals surface area (Å²) in [5.74, 6) is -2.65. The van der Waals surface area contributed by atoms with Gasteiger partial charge in [0, 0.05) is 29.2 Å². The minimum Gasteiger partial charge on any atom is -0.472 e. The summed E-state index contributed by atoms with van der Waals surface area (Å²) in [6.07, 6.45) is 0.994. The molecule has 2 saturated carbocycles. The van der Waals surface area contributed by atoms with E-state index in [-0.39, 0.29) is 30.7 Å². The Morgan fingerprint density at radius 1 is 1.08 bits per heavy atom. The van der Waals surface area contributed by atoms with Gasteiger partial charge in [0.1, 0.15) is 18.3 Å². The summed E-state index contributed by atoms with van der Waals surface area (Å²) in [6.45, 7) is 8.93. The summed E-state index contributed by atoms with van der Waals surface area (Å²) >= 11 is 0. The number of cyclic esters (lactones) is 2. The molecule has 0 aromatic carbocycles. The number of Topliss-reactive ketones (excluding diaryl/α,β-unsaturated/α-hetero) is 1. The zero-order valence-electron chi connectivity index (χ0n) is 22.1. The first-order chi connectivity index (χ1) is 17.8. The number of hydrogen-bond donors (Lipinski definition) is 0. The number of rotatable bonds is 2. The zero-order chi connectivity index (χ0) is 27.0. The SMILES string of the molecule is CC(=O)O[C@@H]1C(=O)[C@]2(C)[C@@H](CC[C@@]3(C)[C@H](c4ccoc4)OC(=O)[C@H]4O[C@]432)[C@@]23COC(=O)C[C@@H]2OC(C)(C)[C@@H]13. The van der Waals surface area contributed by atoms with Gasteiger partial charge in [0.2, 0.25) is 0 Å². The van der Waals surface area contributed by atoms with Crippen molar-refractivity contribution >= 4 is 23.7 Å². The Morgan fingerprint density at radius 3 is 2.53 bits per heavy atom. The van der Waals surface area contributed by atoms with Crippen LogP contribution in [0.5, 0.6) is 0 Å². The first kappa shape index (κ1) is 24.3. The lowest BCUT2D eigenvalue weighted by atomic mass is 9.36. The van der Waals surface area contributed by atoms with Crippen LogP contribution in [0.4, 0.5) is 0 Å². The fourth-order valence-electron chi connectivity index (χ4n) is 9.78. The van der Waals surface area contributed by atoms with Crippen LogP contribution in [0, 0.1) is 28.1 Å². The number of furan rings is 1. The minimum atomic E-state index is -1.26. The quantitative estimate of drug-likeness (QED) is 0.321. The van der Waals surface area contributed by atoms with Crippen molar-refractivity contribution in [3.63, 3.8) is 0 Å². The van der Waals surface area contributed by atoms with Crippen LogP contribution in [-0.2, 0) is 42.9 Å². The van der Waals surface area contributed by atoms with Crippen molar-refractivity contribution in [1.29, 1.82) is 0 Å². The van der Waals surface area contributed by atoms with E-state index in [0.29, 0.717) is 18.4 Å². The fraction of sp³-hybridized carbons (Fsp3) is 0.714. The normalized spacial score (nSPS) is 49.9. The third kappa shape index (κ3) is 2.48. The van der Waals surface area contributed by atoms with E-state index in [1.54, 1.807) is 12.3 Å². The Balaban J connectivity index is 1.45. The Bertz CT molecular complexity index is 1270. The summed E-state index contributed by atoms with van der Waals surface area (Å²) in [4.78, 5) is 53.0. The molecule has 5 heterocycles. The molecule has 4 saturated heterocycles. The molecule has 10 heteroatoms. The molecule has 0 N–H and O–H groups in total. The Morgan fingerprint density at radius 2 is 1.84 bits per heavy atom. The van der Waals surface area contributed by atoms with Gasteiger partial charge in [-0.1, -0.05) is 6.92 Å². The third-order valence-electron chi connectivity index (χ3n) is 11.0. The first-order valence-corrected chi connectivity index (χ1v) is 13.3. The number of epoxide rings is 1. The number of ether oxygens (including phenoxy) is 5. The van der Waals surface area contributed by atoms with Crippen LogP contribution in [0.3, 0.4) is 0 Å². The number of ketones is 1. The summed E-state index contributed by atoms with van der Waals surface area (Å²) in [5.41, 5.74) is -4.21. The van der Waals surface area contributed by atoms with Crippen LogP contribution in [-0.4, -0.2) is 59.8 Å². The molecule has 2 spiro atoms. The summed E-state index contributed by atoms with van der Waals surface area (Å²) < 4.78 is 35.7. The smallest absolute Gasteiger partial charge is 0.339 e. The highest BCUT2D eigenvalue weighted by Crippen LogP contribution is 2.79. The lowest BCUT2D eigenvalue weighted by molar-refractivity contribution is -0.240. The Hall–Kier alpha value is -2.72. The number of esters is 3. The molecular weight excluding hydrogens is 496 g/mol. The lowest BCUT2D eigenvalue weighted by Gasteiger charge is -2.65. The van der Waals surface area contributed by atoms with Gasteiger partial charge >= 0.3 is 17.9 Å². The fourth-order valence-corrected chi connectivity index (χ4v) is 9.78. The molecular formula is C28H32O10. The van der Waals surface area contributed by atoms with Gasteiger partial charge in [-0.3, -0.25) is 14.4 Å². The van der Waals surface area contributed by atoms with E-state index < -0.39 is 69.7 Å². The van der Waals surface area contributed by atoms with E-state index in [0.717, 1.165) is 0 Å². The van der Waals surface area contributed by atoms with Gasteiger partial charge in [-0.2, -0.15) is 0 Å². The van der Waals surface area contributed by atoms with Crippen molar-refractivity contribution in [3.05, 3.63) is 24.2 Å². The van der Waals surface area contributed by atoms with Crippen LogP contribution in [0.15, 0.2) is 23.0 Å². The van der Waals surface area contributed by atoms with Gasteiger partial charge in [0.15, 0.2) is 18.0 Å². The molecule has 4 aliphatic heterocycles. The maximum atomic E-state index is 14.8. The molecule has 10 atom stereocenters. The van der Waals surface area contributed by atoms with E-state index in [2.05, 4.69) is 0 Å². The minimum absolute atomic E-state index is 0.0434. The Labute approximate surface area is 219 Å². The van der Waals surface area contributed by atoms with Crippen molar-refractivity contribution in [2.75, 3.05) is 6.61 Å². The van der Waals surface area contributed by atoms with Gasteiger partial charge in [-0.25, -0.2) is 4.79 Å². The molecule has 7 rings (SSSR count). The number of hydrogen-bond acceptors (Lipinski definition) is 10. The summed E-state index contributed by atoms with van der Waals surface area (Å²) in [5, 5.41) is 0. The van der Waals surface area contributed by atoms with E-state index >= 15 is 0 Å². The molecule has 0 amide bonds. The summed E-state index contributed by atoms with van der Waals surface area (Å²) in [6, 6.07) is 1.76. The monoisotopic (exact) mass is 528 g/mol. The van der Waals surface area contributed by atoms with E-state index in [9.17, 15) is 19.2 Å². The predicted molar refractivity (Wildman–Crippen MR) is 125 cm³/mol. The maximum absolute atomic E-state index is 14.8. The highest BCUT2D eigenvalue weighted by molar-refractivity contribution is 5.97. The third-order valence-corrected chi connectivity index (χ3v) is 11.0. The Kier molecular flexibility index (Phi) is 4.53. The van der Waals surface area contributed by atoms with Crippen molar-refractivity contribution in [2.45, 2.75) is 89.5 Å². The van der Waals surface area contributed by atoms with E-state index in [4.69, 9.17) is 28.1 Å². The number of carbonyl (C=O) groups is 4. The van der Waals surface area contributed by atoms with E-state index in [1.807, 2.05) is 27.7 Å². The van der Waals surface area contributed by atoms with Crippen molar-refractivity contribution < 1.29 is 47.3 Å². The highest BCUT2D eigenvalue weighted by atomic mass is 16.7. The average molecular weight is 529 g/mol. The second-order valence-electron chi connectivity index (χ2n) is 12.9. The van der Waals surface area contributed by atoms with Crippen LogP contribution in [0.25, 0.3) is 0 Å². The average Bonchev–Trinajstić information content (AvgIpc) is 3.31. The molecule has 0 bridgehead atoms. The lowest BCUT2D eigenvalue weighted by Crippen LogP contribution is -2.76. The zero-order valence-corrected chi connectivity index (χ0v) is 22.1. The second-order valence-corrected chi connectivity index (χ2v) is 12.9. The van der Waals surface area contributed by atoms with Crippen molar-refractivity contribution in [3.8, 4) is 0 Å². The molecule has 0 radical (unpaired) electrons. The van der Waals surface area contributed by atoms with Gasteiger partial charge in [0.25, 0.3) is 0 Å².